The molecule has 3 aromatic rings. The Kier molecular flexibility index (Phi) is 11.1. The topological polar surface area (TPSA) is 55.4 Å². The molecule has 3 rings (SSSR count). The number of esters is 1. The number of anilines is 1. The average molecular weight is 582 g/mol. The van der Waals surface area contributed by atoms with Gasteiger partial charge in [-0.3, -0.25) is 9.59 Å². The van der Waals surface area contributed by atoms with Gasteiger partial charge in [-0.15, -0.1) is 0 Å². The maximum atomic E-state index is 13.0. The summed E-state index contributed by atoms with van der Waals surface area (Å²) in [6, 6.07) is 18.1. The van der Waals surface area contributed by atoms with Crippen LogP contribution >= 0.6 is 11.6 Å². The molecule has 0 aliphatic carbocycles. The first-order valence-electron chi connectivity index (χ1n) is 13.0. The second-order valence-corrected chi connectivity index (χ2v) is 9.76. The third-order valence-electron chi connectivity index (χ3n) is 6.43. The smallest absolute Gasteiger partial charge is 0.416 e. The molecule has 1 atom stereocenters. The highest BCUT2D eigenvalue weighted by Gasteiger charge is 2.30. The second kappa shape index (κ2) is 14.5. The SMILES string of the molecule is C=C/C=C(\C(Cl)=C/C)C(C)CCOC(=O)Cc1ccc(NC(=O)c2ccccc2-c2ccc(C(F)(F)F)cc2)cc1. The second-order valence-electron chi connectivity index (χ2n) is 9.35. The summed E-state index contributed by atoms with van der Waals surface area (Å²) in [7, 11) is 0. The van der Waals surface area contributed by atoms with Gasteiger partial charge in [-0.05, 0) is 71.9 Å². The number of hydrogen-bond acceptors (Lipinski definition) is 3. The number of alkyl halides is 3. The Labute approximate surface area is 243 Å². The number of amides is 1. The van der Waals surface area contributed by atoms with Crippen LogP contribution in [0.3, 0.4) is 0 Å². The molecule has 0 aliphatic rings. The minimum atomic E-state index is -4.44. The largest absolute Gasteiger partial charge is 0.465 e. The van der Waals surface area contributed by atoms with Gasteiger partial charge >= 0.3 is 12.1 Å². The number of rotatable bonds is 11. The molecule has 0 fully saturated rings. The van der Waals surface area contributed by atoms with Crippen molar-refractivity contribution in [1.29, 1.82) is 0 Å². The number of carbonyl (C=O) groups is 2. The van der Waals surface area contributed by atoms with Gasteiger partial charge < -0.3 is 10.1 Å². The Morgan fingerprint density at radius 2 is 1.68 bits per heavy atom. The predicted octanol–water partition coefficient (Wildman–Crippen LogP) is 8.99. The van der Waals surface area contributed by atoms with Gasteiger partial charge in [0.1, 0.15) is 0 Å². The van der Waals surface area contributed by atoms with Gasteiger partial charge in [0.15, 0.2) is 0 Å². The van der Waals surface area contributed by atoms with Gasteiger partial charge in [-0.2, -0.15) is 13.2 Å². The van der Waals surface area contributed by atoms with Crippen LogP contribution in [0.5, 0.6) is 0 Å². The molecule has 0 spiro atoms. The molecule has 4 nitrogen and oxygen atoms in total. The first-order chi connectivity index (χ1) is 19.5. The highest BCUT2D eigenvalue weighted by Crippen LogP contribution is 2.32. The van der Waals surface area contributed by atoms with Crippen LogP contribution in [0.25, 0.3) is 11.1 Å². The van der Waals surface area contributed by atoms with Crippen molar-refractivity contribution in [3.63, 3.8) is 0 Å². The lowest BCUT2D eigenvalue weighted by Gasteiger charge is -2.15. The predicted molar refractivity (Wildman–Crippen MR) is 158 cm³/mol. The van der Waals surface area contributed by atoms with Crippen molar-refractivity contribution in [2.24, 2.45) is 5.92 Å². The van der Waals surface area contributed by atoms with E-state index in [9.17, 15) is 22.8 Å². The summed E-state index contributed by atoms with van der Waals surface area (Å²) >= 11 is 6.26. The lowest BCUT2D eigenvalue weighted by molar-refractivity contribution is -0.143. The zero-order valence-electron chi connectivity index (χ0n) is 22.8. The van der Waals surface area contributed by atoms with Crippen LogP contribution in [-0.2, 0) is 22.1 Å². The van der Waals surface area contributed by atoms with Crippen molar-refractivity contribution in [2.75, 3.05) is 11.9 Å². The molecule has 0 aromatic heterocycles. The van der Waals surface area contributed by atoms with Crippen LogP contribution in [0.2, 0.25) is 0 Å². The molecule has 3 aromatic carbocycles. The fourth-order valence-corrected chi connectivity index (χ4v) is 4.42. The molecule has 1 amide bonds. The van der Waals surface area contributed by atoms with Crippen LogP contribution in [0.1, 0.15) is 41.8 Å². The summed E-state index contributed by atoms with van der Waals surface area (Å²) in [5, 5.41) is 3.44. The van der Waals surface area contributed by atoms with E-state index in [1.54, 1.807) is 54.6 Å². The molecular weight excluding hydrogens is 551 g/mol. The van der Waals surface area contributed by atoms with Crippen LogP contribution in [0.15, 0.2) is 108 Å². The molecule has 0 saturated carbocycles. The van der Waals surface area contributed by atoms with Crippen molar-refractivity contribution in [3.8, 4) is 11.1 Å². The van der Waals surface area contributed by atoms with Gasteiger partial charge in [0.2, 0.25) is 0 Å². The molecule has 0 aliphatic heterocycles. The Morgan fingerprint density at radius 3 is 2.29 bits per heavy atom. The molecule has 1 unspecified atom stereocenters. The first-order valence-corrected chi connectivity index (χ1v) is 13.4. The summed E-state index contributed by atoms with van der Waals surface area (Å²) < 4.78 is 44.2. The lowest BCUT2D eigenvalue weighted by Crippen LogP contribution is -2.14. The standard InChI is InChI=1S/C33H31ClF3NO3/c1-4-8-27(30(34)5-2)22(3)19-20-41-31(39)21-23-11-17-26(18-12-23)38-32(40)29-10-7-6-9-28(29)24-13-15-25(16-14-24)33(35,36)37/h4-18,22H,1,19-21H2,2-3H3,(H,38,40)/b27-8-,30-5+. The maximum Gasteiger partial charge on any atom is 0.416 e. The van der Waals surface area contributed by atoms with E-state index in [1.165, 1.54) is 12.1 Å². The molecule has 1 N–H and O–H groups in total. The quantitative estimate of drug-likeness (QED) is 0.182. The van der Waals surface area contributed by atoms with E-state index in [-0.39, 0.29) is 24.9 Å². The van der Waals surface area contributed by atoms with Crippen molar-refractivity contribution < 1.29 is 27.5 Å². The zero-order chi connectivity index (χ0) is 30.0. The highest BCUT2D eigenvalue weighted by molar-refractivity contribution is 6.32. The lowest BCUT2D eigenvalue weighted by atomic mass is 9.97. The van der Waals surface area contributed by atoms with E-state index >= 15 is 0 Å². The molecule has 0 bridgehead atoms. The van der Waals surface area contributed by atoms with Gasteiger partial charge in [-0.1, -0.05) is 85.8 Å². The van der Waals surface area contributed by atoms with Crippen molar-refractivity contribution in [1.82, 2.24) is 0 Å². The fourth-order valence-electron chi connectivity index (χ4n) is 4.17. The van der Waals surface area contributed by atoms with E-state index in [0.717, 1.165) is 23.3 Å². The number of ether oxygens (including phenoxy) is 1. The van der Waals surface area contributed by atoms with E-state index in [0.29, 0.717) is 33.8 Å². The fraction of sp³-hybridized carbons (Fsp3) is 0.212. The van der Waals surface area contributed by atoms with Crippen molar-refractivity contribution in [2.45, 2.75) is 32.9 Å². The summed E-state index contributed by atoms with van der Waals surface area (Å²) in [6.45, 7) is 7.82. The number of benzene rings is 3. The van der Waals surface area contributed by atoms with Gasteiger partial charge in [0, 0.05) is 16.3 Å². The zero-order valence-corrected chi connectivity index (χ0v) is 23.6. The first kappa shape index (κ1) is 31.4. The molecule has 214 valence electrons. The number of carbonyl (C=O) groups excluding carboxylic acids is 2. The van der Waals surface area contributed by atoms with E-state index in [1.807, 2.05) is 26.0 Å². The molecular formula is C33H31ClF3NO3. The summed E-state index contributed by atoms with van der Waals surface area (Å²) in [4.78, 5) is 25.4. The van der Waals surface area contributed by atoms with E-state index in [4.69, 9.17) is 16.3 Å². The van der Waals surface area contributed by atoms with Crippen molar-refractivity contribution in [3.05, 3.63) is 125 Å². The van der Waals surface area contributed by atoms with Crippen LogP contribution in [0.4, 0.5) is 18.9 Å². The molecule has 0 saturated heterocycles. The average Bonchev–Trinajstić information content (AvgIpc) is 2.96. The van der Waals surface area contributed by atoms with E-state index < -0.39 is 17.6 Å². The normalized spacial score (nSPS) is 12.9. The molecule has 8 heteroatoms. The minimum Gasteiger partial charge on any atom is -0.465 e. The van der Waals surface area contributed by atoms with Crippen LogP contribution in [0, 0.1) is 5.92 Å². The highest BCUT2D eigenvalue weighted by atomic mass is 35.5. The van der Waals surface area contributed by atoms with Gasteiger partial charge in [0.25, 0.3) is 5.91 Å². The minimum absolute atomic E-state index is 0.0737. The molecule has 41 heavy (non-hydrogen) atoms. The third-order valence-corrected chi connectivity index (χ3v) is 6.86. The summed E-state index contributed by atoms with van der Waals surface area (Å²) in [6.07, 6.45) is 1.57. The summed E-state index contributed by atoms with van der Waals surface area (Å²) in [5.41, 5.74) is 2.71. The summed E-state index contributed by atoms with van der Waals surface area (Å²) in [5.74, 6) is -0.702. The Bertz CT molecular complexity index is 1430. The Balaban J connectivity index is 1.58. The molecule has 0 radical (unpaired) electrons. The monoisotopic (exact) mass is 581 g/mol. The maximum absolute atomic E-state index is 13.0. The Morgan fingerprint density at radius 1 is 1.02 bits per heavy atom. The number of allylic oxidation sites excluding steroid dienone is 5. The van der Waals surface area contributed by atoms with Crippen LogP contribution in [-0.4, -0.2) is 18.5 Å². The van der Waals surface area contributed by atoms with Crippen molar-refractivity contribution >= 4 is 29.2 Å². The van der Waals surface area contributed by atoms with Crippen LogP contribution < -0.4 is 5.32 Å². The van der Waals surface area contributed by atoms with Gasteiger partial charge in [0.05, 0.1) is 18.6 Å². The number of nitrogens with one attached hydrogen (secondary N) is 1. The van der Waals surface area contributed by atoms with Gasteiger partial charge in [-0.25, -0.2) is 0 Å². The number of hydrogen-bond donors (Lipinski definition) is 1. The Hall–Kier alpha value is -4.10. The molecule has 0 heterocycles. The van der Waals surface area contributed by atoms with E-state index in [2.05, 4.69) is 11.9 Å². The number of halogens is 4. The third kappa shape index (κ3) is 8.95.